The first-order valence-electron chi connectivity index (χ1n) is 8.21. The van der Waals surface area contributed by atoms with E-state index in [0.717, 1.165) is 18.4 Å². The summed E-state index contributed by atoms with van der Waals surface area (Å²) in [5, 5.41) is 6.77. The van der Waals surface area contributed by atoms with E-state index < -0.39 is 0 Å². The molecule has 0 unspecified atom stereocenters. The molecule has 3 rings (SSSR count). The highest BCUT2D eigenvalue weighted by Gasteiger charge is 2.13. The quantitative estimate of drug-likeness (QED) is 0.740. The van der Waals surface area contributed by atoms with Crippen molar-refractivity contribution in [2.24, 2.45) is 0 Å². The summed E-state index contributed by atoms with van der Waals surface area (Å²) in [6.45, 7) is 5.86. The number of hydrogen-bond acceptors (Lipinski definition) is 6. The standard InChI is InChI=1S/C17H20N6O2/c1-4-5-14-21-17(25-22-14)12-6-7-18-15(8-12)23-9-13(19-10-23)16(24)20-11(2)3/h6-11H,4-5H2,1-3H3,(H,20,24). The molecule has 0 spiro atoms. The molecule has 0 saturated carbocycles. The number of nitrogens with zero attached hydrogens (tertiary/aromatic N) is 5. The molecule has 130 valence electrons. The molecule has 0 atom stereocenters. The van der Waals surface area contributed by atoms with Crippen LogP contribution < -0.4 is 5.32 Å². The molecule has 3 aromatic heterocycles. The zero-order chi connectivity index (χ0) is 17.8. The highest BCUT2D eigenvalue weighted by atomic mass is 16.5. The average molecular weight is 340 g/mol. The molecule has 0 bridgehead atoms. The fourth-order valence-corrected chi connectivity index (χ4v) is 2.29. The second-order valence-corrected chi connectivity index (χ2v) is 5.96. The van der Waals surface area contributed by atoms with Crippen molar-refractivity contribution in [3.8, 4) is 17.3 Å². The molecule has 0 aliphatic rings. The van der Waals surface area contributed by atoms with Gasteiger partial charge in [0.2, 0.25) is 0 Å². The number of amides is 1. The van der Waals surface area contributed by atoms with Gasteiger partial charge in [0.15, 0.2) is 5.82 Å². The van der Waals surface area contributed by atoms with Crippen molar-refractivity contribution in [2.75, 3.05) is 0 Å². The van der Waals surface area contributed by atoms with Gasteiger partial charge in [-0.3, -0.25) is 9.36 Å². The van der Waals surface area contributed by atoms with Gasteiger partial charge in [0.1, 0.15) is 17.8 Å². The van der Waals surface area contributed by atoms with Gasteiger partial charge in [0.25, 0.3) is 11.8 Å². The second kappa shape index (κ2) is 7.25. The molecule has 3 heterocycles. The van der Waals surface area contributed by atoms with Gasteiger partial charge in [-0.25, -0.2) is 9.97 Å². The third-order valence-electron chi connectivity index (χ3n) is 3.43. The zero-order valence-corrected chi connectivity index (χ0v) is 14.4. The molecular formula is C17H20N6O2. The minimum Gasteiger partial charge on any atom is -0.348 e. The van der Waals surface area contributed by atoms with E-state index in [1.54, 1.807) is 29.4 Å². The first-order chi connectivity index (χ1) is 12.1. The molecule has 1 amide bonds. The highest BCUT2D eigenvalue weighted by Crippen LogP contribution is 2.19. The van der Waals surface area contributed by atoms with Crippen LogP contribution in [0.3, 0.4) is 0 Å². The number of aromatic nitrogens is 5. The van der Waals surface area contributed by atoms with Gasteiger partial charge in [0, 0.05) is 30.4 Å². The number of hydrogen-bond donors (Lipinski definition) is 1. The maximum atomic E-state index is 12.0. The number of rotatable bonds is 6. The minimum atomic E-state index is -0.217. The van der Waals surface area contributed by atoms with Crippen LogP contribution in [0.2, 0.25) is 0 Å². The van der Waals surface area contributed by atoms with Crippen molar-refractivity contribution >= 4 is 5.91 Å². The van der Waals surface area contributed by atoms with Gasteiger partial charge in [-0.15, -0.1) is 0 Å². The van der Waals surface area contributed by atoms with Crippen LogP contribution in [0.1, 0.15) is 43.5 Å². The number of carbonyl (C=O) groups is 1. The van der Waals surface area contributed by atoms with Crippen LogP contribution in [-0.2, 0) is 6.42 Å². The Balaban J connectivity index is 1.84. The molecule has 0 aliphatic carbocycles. The van der Waals surface area contributed by atoms with E-state index in [1.165, 1.54) is 0 Å². The van der Waals surface area contributed by atoms with Crippen molar-refractivity contribution in [2.45, 2.75) is 39.7 Å². The summed E-state index contributed by atoms with van der Waals surface area (Å²) >= 11 is 0. The lowest BCUT2D eigenvalue weighted by Gasteiger charge is -2.05. The smallest absolute Gasteiger partial charge is 0.271 e. The maximum Gasteiger partial charge on any atom is 0.271 e. The monoisotopic (exact) mass is 340 g/mol. The Hall–Kier alpha value is -3.03. The second-order valence-electron chi connectivity index (χ2n) is 5.96. The van der Waals surface area contributed by atoms with Crippen molar-refractivity contribution in [3.05, 3.63) is 42.4 Å². The number of nitrogens with one attached hydrogen (secondary N) is 1. The van der Waals surface area contributed by atoms with Gasteiger partial charge in [-0.1, -0.05) is 12.1 Å². The lowest BCUT2D eigenvalue weighted by molar-refractivity contribution is 0.0938. The van der Waals surface area contributed by atoms with Crippen LogP contribution in [0.4, 0.5) is 0 Å². The third kappa shape index (κ3) is 3.90. The van der Waals surface area contributed by atoms with Crippen LogP contribution in [0.5, 0.6) is 0 Å². The van der Waals surface area contributed by atoms with E-state index in [4.69, 9.17) is 4.52 Å². The Morgan fingerprint density at radius 1 is 1.36 bits per heavy atom. The third-order valence-corrected chi connectivity index (χ3v) is 3.43. The molecule has 8 nitrogen and oxygen atoms in total. The number of aryl methyl sites for hydroxylation is 1. The van der Waals surface area contributed by atoms with Crippen LogP contribution in [-0.4, -0.2) is 36.6 Å². The molecule has 0 saturated heterocycles. The molecule has 3 aromatic rings. The normalized spacial score (nSPS) is 11.0. The predicted octanol–water partition coefficient (Wildman–Crippen LogP) is 2.41. The number of imidazole rings is 1. The summed E-state index contributed by atoms with van der Waals surface area (Å²) in [7, 11) is 0. The van der Waals surface area contributed by atoms with Crippen LogP contribution in [0.15, 0.2) is 35.4 Å². The van der Waals surface area contributed by atoms with Crippen LogP contribution in [0.25, 0.3) is 17.3 Å². The van der Waals surface area contributed by atoms with E-state index in [2.05, 4.69) is 32.3 Å². The summed E-state index contributed by atoms with van der Waals surface area (Å²) in [5.74, 6) is 1.53. The van der Waals surface area contributed by atoms with Gasteiger partial charge < -0.3 is 9.84 Å². The molecule has 0 aromatic carbocycles. The topological polar surface area (TPSA) is 98.7 Å². The SMILES string of the molecule is CCCc1noc(-c2ccnc(-n3cnc(C(=O)NC(C)C)c3)c2)n1. The summed E-state index contributed by atoms with van der Waals surface area (Å²) < 4.78 is 6.99. The highest BCUT2D eigenvalue weighted by molar-refractivity contribution is 5.92. The van der Waals surface area contributed by atoms with Crippen LogP contribution in [0, 0.1) is 0 Å². The van der Waals surface area contributed by atoms with E-state index in [-0.39, 0.29) is 11.9 Å². The first-order valence-corrected chi connectivity index (χ1v) is 8.21. The van der Waals surface area contributed by atoms with Gasteiger partial charge in [0.05, 0.1) is 0 Å². The predicted molar refractivity (Wildman–Crippen MR) is 91.2 cm³/mol. The van der Waals surface area contributed by atoms with Gasteiger partial charge >= 0.3 is 0 Å². The fourth-order valence-electron chi connectivity index (χ4n) is 2.29. The van der Waals surface area contributed by atoms with Gasteiger partial charge in [-0.05, 0) is 32.4 Å². The molecule has 0 radical (unpaired) electrons. The van der Waals surface area contributed by atoms with Gasteiger partial charge in [-0.2, -0.15) is 4.98 Å². The fraction of sp³-hybridized carbons (Fsp3) is 0.353. The molecule has 25 heavy (non-hydrogen) atoms. The Morgan fingerprint density at radius 3 is 2.96 bits per heavy atom. The maximum absolute atomic E-state index is 12.0. The number of carbonyl (C=O) groups excluding carboxylic acids is 1. The summed E-state index contributed by atoms with van der Waals surface area (Å²) in [5.41, 5.74) is 1.10. The van der Waals surface area contributed by atoms with Crippen molar-refractivity contribution in [1.29, 1.82) is 0 Å². The minimum absolute atomic E-state index is 0.0500. The average Bonchev–Trinajstić information content (AvgIpc) is 3.24. The van der Waals surface area contributed by atoms with E-state index in [9.17, 15) is 4.79 Å². The Bertz CT molecular complexity index is 867. The Labute approximate surface area is 145 Å². The molecule has 1 N–H and O–H groups in total. The zero-order valence-electron chi connectivity index (χ0n) is 14.4. The Morgan fingerprint density at radius 2 is 2.20 bits per heavy atom. The molecular weight excluding hydrogens is 320 g/mol. The van der Waals surface area contributed by atoms with Crippen molar-refractivity contribution in [1.82, 2.24) is 30.0 Å². The molecule has 8 heteroatoms. The summed E-state index contributed by atoms with van der Waals surface area (Å²) in [6.07, 6.45) is 6.58. The molecule has 0 aliphatic heterocycles. The summed E-state index contributed by atoms with van der Waals surface area (Å²) in [4.78, 5) is 24.8. The van der Waals surface area contributed by atoms with Crippen LogP contribution >= 0.6 is 0 Å². The van der Waals surface area contributed by atoms with E-state index >= 15 is 0 Å². The Kier molecular flexibility index (Phi) is 4.87. The van der Waals surface area contributed by atoms with Crippen molar-refractivity contribution < 1.29 is 9.32 Å². The first kappa shape index (κ1) is 16.8. The van der Waals surface area contributed by atoms with E-state index in [1.807, 2.05) is 19.9 Å². The van der Waals surface area contributed by atoms with Crippen molar-refractivity contribution in [3.63, 3.8) is 0 Å². The molecule has 0 fully saturated rings. The summed E-state index contributed by atoms with van der Waals surface area (Å²) in [6, 6.07) is 3.67. The lowest BCUT2D eigenvalue weighted by Crippen LogP contribution is -2.30. The lowest BCUT2D eigenvalue weighted by atomic mass is 10.2. The largest absolute Gasteiger partial charge is 0.348 e. The number of pyridine rings is 1. The van der Waals surface area contributed by atoms with E-state index in [0.29, 0.717) is 23.2 Å².